The average molecular weight is 246 g/mol. The Balaban J connectivity index is 1.71. The van der Waals surface area contributed by atoms with Crippen LogP contribution in [0, 0.1) is 0 Å². The van der Waals surface area contributed by atoms with Crippen molar-refractivity contribution in [3.63, 3.8) is 0 Å². The summed E-state index contributed by atoms with van der Waals surface area (Å²) in [4.78, 5) is 2.47. The molecule has 1 aliphatic carbocycles. The largest absolute Gasteiger partial charge is 0.380 e. The third-order valence-corrected chi connectivity index (χ3v) is 3.71. The lowest BCUT2D eigenvalue weighted by Gasteiger charge is -2.25. The molecular formula is C15H22N2O. The van der Waals surface area contributed by atoms with Crippen LogP contribution in [0.1, 0.15) is 24.8 Å². The van der Waals surface area contributed by atoms with Crippen LogP contribution in [0.15, 0.2) is 24.3 Å². The molecule has 1 heterocycles. The molecule has 1 saturated heterocycles. The van der Waals surface area contributed by atoms with Gasteiger partial charge in [0.25, 0.3) is 0 Å². The molecule has 18 heavy (non-hydrogen) atoms. The lowest BCUT2D eigenvalue weighted by molar-refractivity contribution is 0.152. The van der Waals surface area contributed by atoms with Crippen molar-refractivity contribution in [1.82, 2.24) is 5.32 Å². The Bertz CT molecular complexity index is 382. The van der Waals surface area contributed by atoms with Gasteiger partial charge in [0.05, 0.1) is 6.61 Å². The average Bonchev–Trinajstić information content (AvgIpc) is 3.24. The molecule has 0 unspecified atom stereocenters. The fourth-order valence-corrected chi connectivity index (χ4v) is 2.50. The molecule has 0 aromatic heterocycles. The van der Waals surface area contributed by atoms with Gasteiger partial charge in [-0.1, -0.05) is 18.2 Å². The highest BCUT2D eigenvalue weighted by Crippen LogP contribution is 2.24. The first-order valence-electron chi connectivity index (χ1n) is 7.07. The normalized spacial score (nSPS) is 20.8. The summed E-state index contributed by atoms with van der Waals surface area (Å²) in [7, 11) is 0. The van der Waals surface area contributed by atoms with E-state index in [9.17, 15) is 0 Å². The maximum absolute atomic E-state index is 5.54. The molecule has 1 aromatic rings. The second-order valence-corrected chi connectivity index (χ2v) is 5.24. The zero-order valence-electron chi connectivity index (χ0n) is 10.9. The van der Waals surface area contributed by atoms with E-state index < -0.39 is 0 Å². The Morgan fingerprint density at radius 1 is 1.17 bits per heavy atom. The van der Waals surface area contributed by atoms with Crippen molar-refractivity contribution in [2.45, 2.75) is 31.8 Å². The van der Waals surface area contributed by atoms with Gasteiger partial charge in [0.2, 0.25) is 0 Å². The number of hydrogen-bond acceptors (Lipinski definition) is 3. The van der Waals surface area contributed by atoms with Crippen LogP contribution in [0.3, 0.4) is 0 Å². The van der Waals surface area contributed by atoms with Crippen LogP contribution < -0.4 is 10.2 Å². The van der Waals surface area contributed by atoms with Crippen LogP contribution in [0.4, 0.5) is 5.69 Å². The van der Waals surface area contributed by atoms with Gasteiger partial charge in [-0.2, -0.15) is 0 Å². The molecule has 0 amide bonds. The number of benzene rings is 1. The van der Waals surface area contributed by atoms with Crippen molar-refractivity contribution >= 4 is 5.69 Å². The minimum Gasteiger partial charge on any atom is -0.380 e. The van der Waals surface area contributed by atoms with E-state index in [-0.39, 0.29) is 0 Å². The lowest BCUT2D eigenvalue weighted by Crippen LogP contribution is -2.28. The van der Waals surface area contributed by atoms with Gasteiger partial charge in [-0.05, 0) is 30.9 Å². The second-order valence-electron chi connectivity index (χ2n) is 5.24. The van der Waals surface area contributed by atoms with Gasteiger partial charge in [-0.15, -0.1) is 0 Å². The number of nitrogens with zero attached hydrogens (tertiary/aromatic N) is 1. The quantitative estimate of drug-likeness (QED) is 0.881. The molecule has 1 aliphatic heterocycles. The third kappa shape index (κ3) is 3.03. The fourth-order valence-electron chi connectivity index (χ4n) is 2.50. The zero-order valence-corrected chi connectivity index (χ0v) is 10.9. The predicted octanol–water partition coefficient (Wildman–Crippen LogP) is 2.17. The number of ether oxygens (including phenoxy) is 1. The molecule has 0 radical (unpaired) electrons. The fraction of sp³-hybridized carbons (Fsp3) is 0.600. The van der Waals surface area contributed by atoms with Crippen LogP contribution in [0.2, 0.25) is 0 Å². The third-order valence-electron chi connectivity index (χ3n) is 3.71. The number of anilines is 1. The first-order chi connectivity index (χ1) is 8.93. The Morgan fingerprint density at radius 3 is 2.94 bits per heavy atom. The Labute approximate surface area is 109 Å². The van der Waals surface area contributed by atoms with E-state index in [0.29, 0.717) is 0 Å². The highest BCUT2D eigenvalue weighted by Gasteiger charge is 2.21. The highest BCUT2D eigenvalue weighted by molar-refractivity contribution is 5.53. The van der Waals surface area contributed by atoms with Crippen molar-refractivity contribution < 1.29 is 4.74 Å². The van der Waals surface area contributed by atoms with Gasteiger partial charge in [0, 0.05) is 38.0 Å². The van der Waals surface area contributed by atoms with Gasteiger partial charge < -0.3 is 15.0 Å². The summed E-state index contributed by atoms with van der Waals surface area (Å²) in [6, 6.07) is 9.54. The van der Waals surface area contributed by atoms with E-state index in [1.807, 2.05) is 0 Å². The molecule has 0 bridgehead atoms. The molecule has 3 rings (SSSR count). The Hall–Kier alpha value is -1.06. The van der Waals surface area contributed by atoms with Gasteiger partial charge in [-0.25, -0.2) is 0 Å². The maximum Gasteiger partial charge on any atom is 0.0641 e. The topological polar surface area (TPSA) is 24.5 Å². The van der Waals surface area contributed by atoms with E-state index in [1.165, 1.54) is 24.1 Å². The molecule has 1 aromatic carbocycles. The lowest BCUT2D eigenvalue weighted by atomic mass is 10.1. The summed E-state index contributed by atoms with van der Waals surface area (Å²) in [5, 5.41) is 3.61. The molecule has 3 heteroatoms. The minimum absolute atomic E-state index is 0.769. The molecule has 1 N–H and O–H groups in total. The van der Waals surface area contributed by atoms with Crippen molar-refractivity contribution in [1.29, 1.82) is 0 Å². The first kappa shape index (κ1) is 12.0. The highest BCUT2D eigenvalue weighted by atomic mass is 16.5. The molecular weight excluding hydrogens is 224 g/mol. The SMILES string of the molecule is c1ccc(N2CCCOCC2)c(CNC2CC2)c1. The zero-order chi connectivity index (χ0) is 12.2. The van der Waals surface area contributed by atoms with E-state index in [2.05, 4.69) is 34.5 Å². The van der Waals surface area contributed by atoms with Crippen LogP contribution in [0.25, 0.3) is 0 Å². The number of rotatable bonds is 4. The number of nitrogens with one attached hydrogen (secondary N) is 1. The molecule has 1 saturated carbocycles. The molecule has 98 valence electrons. The summed E-state index contributed by atoms with van der Waals surface area (Å²) in [5.41, 5.74) is 2.81. The van der Waals surface area contributed by atoms with Gasteiger partial charge in [0.15, 0.2) is 0 Å². The summed E-state index contributed by atoms with van der Waals surface area (Å²) < 4.78 is 5.54. The smallest absolute Gasteiger partial charge is 0.0641 e. The second kappa shape index (κ2) is 5.72. The van der Waals surface area contributed by atoms with E-state index in [0.717, 1.165) is 45.3 Å². The Kier molecular flexibility index (Phi) is 3.81. The van der Waals surface area contributed by atoms with Crippen molar-refractivity contribution in [2.75, 3.05) is 31.2 Å². The summed E-state index contributed by atoms with van der Waals surface area (Å²) in [6.45, 7) is 4.88. The predicted molar refractivity (Wildman–Crippen MR) is 74.0 cm³/mol. The number of hydrogen-bond donors (Lipinski definition) is 1. The Morgan fingerprint density at radius 2 is 2.06 bits per heavy atom. The summed E-state index contributed by atoms with van der Waals surface area (Å²) in [6.07, 6.45) is 3.82. The van der Waals surface area contributed by atoms with Crippen LogP contribution in [0.5, 0.6) is 0 Å². The molecule has 2 aliphatic rings. The van der Waals surface area contributed by atoms with Crippen molar-refractivity contribution in [2.24, 2.45) is 0 Å². The van der Waals surface area contributed by atoms with Gasteiger partial charge >= 0.3 is 0 Å². The van der Waals surface area contributed by atoms with E-state index in [1.54, 1.807) is 0 Å². The van der Waals surface area contributed by atoms with E-state index >= 15 is 0 Å². The minimum atomic E-state index is 0.769. The van der Waals surface area contributed by atoms with Crippen LogP contribution in [-0.2, 0) is 11.3 Å². The summed E-state index contributed by atoms with van der Waals surface area (Å²) >= 11 is 0. The molecule has 0 atom stereocenters. The number of para-hydroxylation sites is 1. The summed E-state index contributed by atoms with van der Waals surface area (Å²) in [5.74, 6) is 0. The first-order valence-corrected chi connectivity index (χ1v) is 7.07. The van der Waals surface area contributed by atoms with Crippen LogP contribution >= 0.6 is 0 Å². The standard InChI is InChI=1S/C15H22N2O/c1-2-5-15(17-8-3-10-18-11-9-17)13(4-1)12-16-14-6-7-14/h1-2,4-5,14,16H,3,6-12H2. The molecule has 3 nitrogen and oxygen atoms in total. The van der Waals surface area contributed by atoms with Crippen molar-refractivity contribution in [3.05, 3.63) is 29.8 Å². The van der Waals surface area contributed by atoms with Gasteiger partial charge in [-0.3, -0.25) is 0 Å². The maximum atomic E-state index is 5.54. The monoisotopic (exact) mass is 246 g/mol. The van der Waals surface area contributed by atoms with Crippen LogP contribution in [-0.4, -0.2) is 32.3 Å². The van der Waals surface area contributed by atoms with Gasteiger partial charge in [0.1, 0.15) is 0 Å². The van der Waals surface area contributed by atoms with E-state index in [4.69, 9.17) is 4.74 Å². The van der Waals surface area contributed by atoms with Crippen molar-refractivity contribution in [3.8, 4) is 0 Å². The molecule has 2 fully saturated rings. The molecule has 0 spiro atoms.